The van der Waals surface area contributed by atoms with Crippen LogP contribution in [-0.4, -0.2) is 23.4 Å². The molecule has 5 heteroatoms. The van der Waals surface area contributed by atoms with Gasteiger partial charge in [0.15, 0.2) is 0 Å². The van der Waals surface area contributed by atoms with Gasteiger partial charge in [-0.05, 0) is 47.4 Å². The van der Waals surface area contributed by atoms with Gasteiger partial charge in [0.1, 0.15) is 5.75 Å². The fourth-order valence-corrected chi connectivity index (χ4v) is 2.69. The van der Waals surface area contributed by atoms with Crippen molar-refractivity contribution in [2.24, 2.45) is 7.05 Å². The molecule has 0 aliphatic carbocycles. The lowest BCUT2D eigenvalue weighted by Crippen LogP contribution is -2.19. The maximum atomic E-state index is 5.35. The number of para-hydroxylation sites is 1. The van der Waals surface area contributed by atoms with Crippen molar-refractivity contribution >= 4 is 15.9 Å². The van der Waals surface area contributed by atoms with Gasteiger partial charge in [-0.15, -0.1) is 0 Å². The van der Waals surface area contributed by atoms with Gasteiger partial charge < -0.3 is 10.1 Å². The van der Waals surface area contributed by atoms with Crippen molar-refractivity contribution in [2.45, 2.75) is 19.9 Å². The lowest BCUT2D eigenvalue weighted by atomic mass is 10.1. The molecule has 108 valence electrons. The topological polar surface area (TPSA) is 39.1 Å². The standard InChI is InChI=1S/C15H20BrN3O/c1-11-15(16)13(19(2)18-11)10-17-9-8-12-6-4-5-7-14(12)20-3/h4-7,17H,8-10H2,1-3H3. The molecule has 0 bridgehead atoms. The fourth-order valence-electron chi connectivity index (χ4n) is 2.21. The molecule has 0 atom stereocenters. The Morgan fingerprint density at radius 3 is 2.75 bits per heavy atom. The van der Waals surface area contributed by atoms with Crippen molar-refractivity contribution in [3.8, 4) is 5.75 Å². The second-order valence-corrected chi connectivity index (χ2v) is 5.50. The summed E-state index contributed by atoms with van der Waals surface area (Å²) in [5.74, 6) is 0.951. The van der Waals surface area contributed by atoms with Crippen LogP contribution in [0.15, 0.2) is 28.7 Å². The molecule has 1 aromatic heterocycles. The first-order valence-electron chi connectivity index (χ1n) is 6.64. The summed E-state index contributed by atoms with van der Waals surface area (Å²) in [5.41, 5.74) is 3.42. The maximum absolute atomic E-state index is 5.35. The molecule has 0 unspecified atom stereocenters. The molecule has 0 radical (unpaired) electrons. The Labute approximate surface area is 128 Å². The number of nitrogens with zero attached hydrogens (tertiary/aromatic N) is 2. The molecular weight excluding hydrogens is 318 g/mol. The van der Waals surface area contributed by atoms with E-state index in [0.29, 0.717) is 0 Å². The average molecular weight is 338 g/mol. The van der Waals surface area contributed by atoms with E-state index in [9.17, 15) is 0 Å². The Bertz CT molecular complexity index is 580. The van der Waals surface area contributed by atoms with Crippen molar-refractivity contribution in [3.63, 3.8) is 0 Å². The first kappa shape index (κ1) is 15.1. The highest BCUT2D eigenvalue weighted by molar-refractivity contribution is 9.10. The van der Waals surface area contributed by atoms with Gasteiger partial charge in [-0.2, -0.15) is 5.10 Å². The van der Waals surface area contributed by atoms with Crippen LogP contribution < -0.4 is 10.1 Å². The molecular formula is C15H20BrN3O. The lowest BCUT2D eigenvalue weighted by molar-refractivity contribution is 0.409. The van der Waals surface area contributed by atoms with E-state index in [1.165, 1.54) is 11.3 Å². The summed E-state index contributed by atoms with van der Waals surface area (Å²) in [6, 6.07) is 8.13. The van der Waals surface area contributed by atoms with Crippen LogP contribution in [0.1, 0.15) is 17.0 Å². The molecule has 20 heavy (non-hydrogen) atoms. The Morgan fingerprint density at radius 1 is 1.35 bits per heavy atom. The Balaban J connectivity index is 1.88. The van der Waals surface area contributed by atoms with Gasteiger partial charge >= 0.3 is 0 Å². The molecule has 4 nitrogen and oxygen atoms in total. The number of hydrogen-bond donors (Lipinski definition) is 1. The van der Waals surface area contributed by atoms with Gasteiger partial charge in [0.2, 0.25) is 0 Å². The Morgan fingerprint density at radius 2 is 2.10 bits per heavy atom. The highest BCUT2D eigenvalue weighted by atomic mass is 79.9. The van der Waals surface area contributed by atoms with Crippen molar-refractivity contribution in [1.82, 2.24) is 15.1 Å². The number of rotatable bonds is 6. The highest BCUT2D eigenvalue weighted by Gasteiger charge is 2.09. The normalized spacial score (nSPS) is 10.8. The number of ether oxygens (including phenoxy) is 1. The number of nitrogens with one attached hydrogen (secondary N) is 1. The molecule has 0 aliphatic heterocycles. The van der Waals surface area contributed by atoms with Crippen LogP contribution in [0.25, 0.3) is 0 Å². The summed E-state index contributed by atoms with van der Waals surface area (Å²) in [6.07, 6.45) is 0.943. The zero-order valence-electron chi connectivity index (χ0n) is 12.1. The van der Waals surface area contributed by atoms with E-state index in [1.54, 1.807) is 7.11 Å². The minimum Gasteiger partial charge on any atom is -0.496 e. The van der Waals surface area contributed by atoms with E-state index >= 15 is 0 Å². The van der Waals surface area contributed by atoms with Crippen molar-refractivity contribution in [2.75, 3.05) is 13.7 Å². The van der Waals surface area contributed by atoms with Crippen molar-refractivity contribution in [1.29, 1.82) is 0 Å². The summed E-state index contributed by atoms with van der Waals surface area (Å²) in [7, 11) is 3.68. The SMILES string of the molecule is COc1ccccc1CCNCc1c(Br)c(C)nn1C. The summed E-state index contributed by atoms with van der Waals surface area (Å²) < 4.78 is 8.35. The van der Waals surface area contributed by atoms with Crippen LogP contribution in [0.4, 0.5) is 0 Å². The third-order valence-corrected chi connectivity index (χ3v) is 4.35. The molecule has 0 amide bonds. The maximum Gasteiger partial charge on any atom is 0.122 e. The summed E-state index contributed by atoms with van der Waals surface area (Å²) in [4.78, 5) is 0. The number of aromatic nitrogens is 2. The van der Waals surface area contributed by atoms with Crippen LogP contribution in [0.5, 0.6) is 5.75 Å². The smallest absolute Gasteiger partial charge is 0.122 e. The van der Waals surface area contributed by atoms with Gasteiger partial charge in [0.25, 0.3) is 0 Å². The van der Waals surface area contributed by atoms with Crippen LogP contribution in [0, 0.1) is 6.92 Å². The molecule has 0 saturated carbocycles. The van der Waals surface area contributed by atoms with Gasteiger partial charge in [0, 0.05) is 13.6 Å². The van der Waals surface area contributed by atoms with E-state index in [-0.39, 0.29) is 0 Å². The Hall–Kier alpha value is -1.33. The van der Waals surface area contributed by atoms with Crippen LogP contribution >= 0.6 is 15.9 Å². The van der Waals surface area contributed by atoms with Crippen LogP contribution in [0.2, 0.25) is 0 Å². The largest absolute Gasteiger partial charge is 0.496 e. The molecule has 1 N–H and O–H groups in total. The summed E-state index contributed by atoms with van der Waals surface area (Å²) >= 11 is 3.58. The minimum atomic E-state index is 0.799. The van der Waals surface area contributed by atoms with Crippen LogP contribution in [0.3, 0.4) is 0 Å². The second kappa shape index (κ2) is 6.90. The van der Waals surface area contributed by atoms with Gasteiger partial charge in [-0.3, -0.25) is 4.68 Å². The second-order valence-electron chi connectivity index (χ2n) is 4.71. The molecule has 0 saturated heterocycles. The first-order valence-corrected chi connectivity index (χ1v) is 7.43. The number of hydrogen-bond acceptors (Lipinski definition) is 3. The fraction of sp³-hybridized carbons (Fsp3) is 0.400. The monoisotopic (exact) mass is 337 g/mol. The van der Waals surface area contributed by atoms with Gasteiger partial charge in [-0.1, -0.05) is 18.2 Å². The first-order chi connectivity index (χ1) is 9.63. The van der Waals surface area contributed by atoms with Gasteiger partial charge in [0.05, 0.1) is 23.0 Å². The Kier molecular flexibility index (Phi) is 5.20. The van der Waals surface area contributed by atoms with E-state index in [4.69, 9.17) is 4.74 Å². The number of aryl methyl sites for hydroxylation is 2. The number of halogens is 1. The predicted octanol–water partition coefficient (Wildman–Crippen LogP) is 2.83. The predicted molar refractivity (Wildman–Crippen MR) is 84.0 cm³/mol. The van der Waals surface area contributed by atoms with E-state index in [1.807, 2.05) is 36.9 Å². The van der Waals surface area contributed by atoms with Crippen molar-refractivity contribution in [3.05, 3.63) is 45.7 Å². The molecule has 1 heterocycles. The third kappa shape index (κ3) is 3.41. The molecule has 2 aromatic rings. The third-order valence-electron chi connectivity index (χ3n) is 3.32. The van der Waals surface area contributed by atoms with E-state index < -0.39 is 0 Å². The molecule has 0 aliphatic rings. The number of methoxy groups -OCH3 is 1. The zero-order valence-corrected chi connectivity index (χ0v) is 13.7. The average Bonchev–Trinajstić information content (AvgIpc) is 2.69. The summed E-state index contributed by atoms with van der Waals surface area (Å²) in [6.45, 7) is 3.70. The van der Waals surface area contributed by atoms with E-state index in [0.717, 1.165) is 35.4 Å². The zero-order chi connectivity index (χ0) is 14.5. The van der Waals surface area contributed by atoms with Gasteiger partial charge in [-0.25, -0.2) is 0 Å². The molecule has 1 aromatic carbocycles. The summed E-state index contributed by atoms with van der Waals surface area (Å²) in [5, 5.41) is 7.83. The molecule has 2 rings (SSSR count). The van der Waals surface area contributed by atoms with Crippen molar-refractivity contribution < 1.29 is 4.74 Å². The molecule has 0 spiro atoms. The number of benzene rings is 1. The minimum absolute atomic E-state index is 0.799. The highest BCUT2D eigenvalue weighted by Crippen LogP contribution is 2.20. The van der Waals surface area contributed by atoms with Crippen LogP contribution in [-0.2, 0) is 20.0 Å². The molecule has 0 fully saturated rings. The van der Waals surface area contributed by atoms with E-state index in [2.05, 4.69) is 32.4 Å². The quantitative estimate of drug-likeness (QED) is 0.824. The lowest BCUT2D eigenvalue weighted by Gasteiger charge is -2.09.